The molecule has 0 amide bonds. The maximum Gasteiger partial charge on any atom is 0.332 e. The molecule has 1 aliphatic heterocycles. The average Bonchev–Trinajstić information content (AvgIpc) is 2.73. The van der Waals surface area contributed by atoms with Crippen molar-refractivity contribution in [3.8, 4) is 5.75 Å². The maximum atomic E-state index is 13.4. The molecule has 146 valence electrons. The van der Waals surface area contributed by atoms with Crippen molar-refractivity contribution in [2.45, 2.75) is 25.4 Å². The molecule has 2 heterocycles. The van der Waals surface area contributed by atoms with Gasteiger partial charge in [0.25, 0.3) is 5.56 Å². The summed E-state index contributed by atoms with van der Waals surface area (Å²) >= 11 is 3.44. The fourth-order valence-corrected chi connectivity index (χ4v) is 4.07. The van der Waals surface area contributed by atoms with E-state index in [-0.39, 0.29) is 23.8 Å². The summed E-state index contributed by atoms with van der Waals surface area (Å²) in [5.41, 5.74) is 0.993. The Kier molecular flexibility index (Phi) is 5.37. The lowest BCUT2D eigenvalue weighted by atomic mass is 10.1. The Balaban J connectivity index is 1.89. The van der Waals surface area contributed by atoms with Gasteiger partial charge in [-0.2, -0.15) is 0 Å². The number of aromatic nitrogens is 2. The quantitative estimate of drug-likeness (QED) is 0.618. The highest BCUT2D eigenvalue weighted by Gasteiger charge is 2.22. The second-order valence-corrected chi connectivity index (χ2v) is 7.81. The first-order chi connectivity index (χ1) is 13.6. The van der Waals surface area contributed by atoms with Crippen molar-refractivity contribution in [2.24, 2.45) is 0 Å². The number of hydrogen-bond acceptors (Lipinski definition) is 4. The van der Waals surface area contributed by atoms with Crippen molar-refractivity contribution in [3.05, 3.63) is 73.3 Å². The smallest absolute Gasteiger partial charge is 0.332 e. The van der Waals surface area contributed by atoms with Gasteiger partial charge in [-0.05, 0) is 48.7 Å². The third-order valence-corrected chi connectivity index (χ3v) is 5.68. The molecule has 0 aliphatic carbocycles. The van der Waals surface area contributed by atoms with E-state index in [0.29, 0.717) is 24.1 Å². The van der Waals surface area contributed by atoms with Crippen molar-refractivity contribution in [3.63, 3.8) is 0 Å². The molecule has 0 spiro atoms. The minimum Gasteiger partial charge on any atom is -0.497 e. The van der Waals surface area contributed by atoms with Crippen molar-refractivity contribution in [1.82, 2.24) is 9.13 Å². The van der Waals surface area contributed by atoms with Gasteiger partial charge < -0.3 is 9.47 Å². The van der Waals surface area contributed by atoms with E-state index in [1.165, 1.54) is 4.57 Å². The summed E-state index contributed by atoms with van der Waals surface area (Å²) in [6.45, 7) is 1.45. The largest absolute Gasteiger partial charge is 0.497 e. The van der Waals surface area contributed by atoms with Gasteiger partial charge in [-0.3, -0.25) is 13.9 Å². The lowest BCUT2D eigenvalue weighted by molar-refractivity contribution is 0.0691. The number of benzene rings is 2. The number of halogens is 1. The van der Waals surface area contributed by atoms with Crippen LogP contribution >= 0.6 is 15.9 Å². The van der Waals surface area contributed by atoms with Crippen LogP contribution in [0.25, 0.3) is 10.9 Å². The van der Waals surface area contributed by atoms with Gasteiger partial charge in [0.1, 0.15) is 5.75 Å². The van der Waals surface area contributed by atoms with Crippen molar-refractivity contribution >= 4 is 26.8 Å². The molecular weight excluding hydrogens is 424 g/mol. The van der Waals surface area contributed by atoms with E-state index in [4.69, 9.17) is 9.47 Å². The van der Waals surface area contributed by atoms with E-state index < -0.39 is 0 Å². The normalized spacial score (nSPS) is 15.1. The van der Waals surface area contributed by atoms with Crippen LogP contribution in [0.3, 0.4) is 0 Å². The topological polar surface area (TPSA) is 62.5 Å². The molecule has 0 atom stereocenters. The first-order valence-corrected chi connectivity index (χ1v) is 10.0. The van der Waals surface area contributed by atoms with Crippen LogP contribution in [0.15, 0.2) is 56.5 Å². The second-order valence-electron chi connectivity index (χ2n) is 6.90. The molecule has 0 unspecified atom stereocenters. The second kappa shape index (κ2) is 7.93. The molecule has 6 nitrogen and oxygen atoms in total. The zero-order chi connectivity index (χ0) is 19.7. The first kappa shape index (κ1) is 19.0. The summed E-state index contributed by atoms with van der Waals surface area (Å²) in [4.78, 5) is 26.5. The Morgan fingerprint density at radius 3 is 2.50 bits per heavy atom. The van der Waals surface area contributed by atoms with E-state index >= 15 is 0 Å². The standard InChI is InChI=1S/C21H21BrN2O4/c1-27-17-5-2-14(3-6-17)13-23-20(25)18-12-15(22)4-7-19(18)24(21(23)26)16-8-10-28-11-9-16/h2-7,12,16H,8-11,13H2,1H3. The molecule has 0 N–H and O–H groups in total. The molecule has 2 aromatic carbocycles. The fourth-order valence-electron chi connectivity index (χ4n) is 3.70. The van der Waals surface area contributed by atoms with Crippen molar-refractivity contribution in [2.75, 3.05) is 20.3 Å². The monoisotopic (exact) mass is 444 g/mol. The van der Waals surface area contributed by atoms with E-state index in [0.717, 1.165) is 28.6 Å². The van der Waals surface area contributed by atoms with Crippen LogP contribution in [-0.2, 0) is 11.3 Å². The summed E-state index contributed by atoms with van der Waals surface area (Å²) in [5.74, 6) is 0.734. The molecule has 1 saturated heterocycles. The highest BCUT2D eigenvalue weighted by molar-refractivity contribution is 9.10. The van der Waals surface area contributed by atoms with E-state index in [9.17, 15) is 9.59 Å². The average molecular weight is 445 g/mol. The van der Waals surface area contributed by atoms with Crippen LogP contribution in [0, 0.1) is 0 Å². The molecule has 7 heteroatoms. The summed E-state index contributed by atoms with van der Waals surface area (Å²) in [6.07, 6.45) is 1.51. The molecule has 0 bridgehead atoms. The van der Waals surface area contributed by atoms with Crippen LogP contribution in [-0.4, -0.2) is 29.5 Å². The number of hydrogen-bond donors (Lipinski definition) is 0. The van der Waals surface area contributed by atoms with E-state index in [1.807, 2.05) is 36.4 Å². The van der Waals surface area contributed by atoms with E-state index in [1.54, 1.807) is 17.7 Å². The third-order valence-electron chi connectivity index (χ3n) is 5.19. The number of rotatable bonds is 4. The minimum atomic E-state index is -0.277. The van der Waals surface area contributed by atoms with Crippen LogP contribution in [0.5, 0.6) is 5.75 Å². The zero-order valence-electron chi connectivity index (χ0n) is 15.6. The molecular formula is C21H21BrN2O4. The molecule has 3 aromatic rings. The number of methoxy groups -OCH3 is 1. The molecule has 1 aromatic heterocycles. The Bertz CT molecular complexity index is 1110. The van der Waals surface area contributed by atoms with Gasteiger partial charge in [-0.15, -0.1) is 0 Å². The molecule has 28 heavy (non-hydrogen) atoms. The lowest BCUT2D eigenvalue weighted by Crippen LogP contribution is -2.42. The van der Waals surface area contributed by atoms with Gasteiger partial charge in [-0.25, -0.2) is 4.79 Å². The Hall–Kier alpha value is -2.38. The SMILES string of the molecule is COc1ccc(Cn2c(=O)c3cc(Br)ccc3n(C3CCOCC3)c2=O)cc1. The first-order valence-electron chi connectivity index (χ1n) is 9.24. The van der Waals surface area contributed by atoms with Gasteiger partial charge in [0.05, 0.1) is 24.6 Å². The van der Waals surface area contributed by atoms with Crippen molar-refractivity contribution in [1.29, 1.82) is 0 Å². The van der Waals surface area contributed by atoms with E-state index in [2.05, 4.69) is 15.9 Å². The summed E-state index contributed by atoms with van der Waals surface area (Å²) in [7, 11) is 1.60. The van der Waals surface area contributed by atoms with Gasteiger partial charge in [0, 0.05) is 23.7 Å². The number of fused-ring (bicyclic) bond motifs is 1. The minimum absolute atomic E-state index is 0.0210. The molecule has 4 rings (SSSR count). The van der Waals surface area contributed by atoms with Gasteiger partial charge in [0.15, 0.2) is 0 Å². The zero-order valence-corrected chi connectivity index (χ0v) is 17.1. The molecule has 1 fully saturated rings. The summed E-state index contributed by atoms with van der Waals surface area (Å²) < 4.78 is 14.6. The Morgan fingerprint density at radius 2 is 1.82 bits per heavy atom. The molecule has 1 aliphatic rings. The summed E-state index contributed by atoms with van der Waals surface area (Å²) in [5, 5.41) is 0.536. The third kappa shape index (κ3) is 3.52. The highest BCUT2D eigenvalue weighted by atomic mass is 79.9. The number of ether oxygens (including phenoxy) is 2. The predicted octanol–water partition coefficient (Wildman–Crippen LogP) is 3.33. The molecule has 0 saturated carbocycles. The van der Waals surface area contributed by atoms with Crippen molar-refractivity contribution < 1.29 is 9.47 Å². The van der Waals surface area contributed by atoms with Crippen LogP contribution < -0.4 is 16.0 Å². The predicted molar refractivity (Wildman–Crippen MR) is 111 cm³/mol. The van der Waals surface area contributed by atoms with Gasteiger partial charge in [0.2, 0.25) is 0 Å². The Labute approximate surface area is 170 Å². The van der Waals surface area contributed by atoms with Crippen LogP contribution in [0.4, 0.5) is 0 Å². The van der Waals surface area contributed by atoms with Gasteiger partial charge in [-0.1, -0.05) is 28.1 Å². The van der Waals surface area contributed by atoms with Crippen LogP contribution in [0.1, 0.15) is 24.4 Å². The maximum absolute atomic E-state index is 13.4. The van der Waals surface area contributed by atoms with Gasteiger partial charge >= 0.3 is 5.69 Å². The van der Waals surface area contributed by atoms with Crippen LogP contribution in [0.2, 0.25) is 0 Å². The summed E-state index contributed by atoms with van der Waals surface area (Å²) in [6, 6.07) is 12.9. The molecule has 0 radical (unpaired) electrons. The fraction of sp³-hybridized carbons (Fsp3) is 0.333. The Morgan fingerprint density at radius 1 is 1.11 bits per heavy atom. The highest BCUT2D eigenvalue weighted by Crippen LogP contribution is 2.24. The number of nitrogens with zero attached hydrogens (tertiary/aromatic N) is 2. The lowest BCUT2D eigenvalue weighted by Gasteiger charge is -2.26.